The molecule has 8 heteroatoms. The Morgan fingerprint density at radius 2 is 1.84 bits per heavy atom. The number of carbonyl (C=O) groups is 1. The van der Waals surface area contributed by atoms with Gasteiger partial charge in [-0.3, -0.25) is 9.69 Å². The zero-order valence-electron chi connectivity index (χ0n) is 16.0. The number of fused-ring (bicyclic) bond motifs is 1. The number of aliphatic hydroxyl groups is 1. The Morgan fingerprint density at radius 1 is 1.06 bits per heavy atom. The Bertz CT molecular complexity index is 1370. The van der Waals surface area contributed by atoms with Crippen LogP contribution in [0.5, 0.6) is 0 Å². The van der Waals surface area contributed by atoms with Crippen molar-refractivity contribution >= 4 is 42.7 Å². The number of nitrogens with zero attached hydrogens (tertiary/aromatic N) is 2. The number of rotatable bonds is 3. The van der Waals surface area contributed by atoms with Crippen LogP contribution in [-0.2, 0) is 4.79 Å². The van der Waals surface area contributed by atoms with Gasteiger partial charge in [-0.2, -0.15) is 0 Å². The summed E-state index contributed by atoms with van der Waals surface area (Å²) in [7, 11) is 2.27. The van der Waals surface area contributed by atoms with Gasteiger partial charge in [0.2, 0.25) is 0 Å². The molecule has 0 saturated heterocycles. The number of aromatic nitrogens is 2. The zero-order chi connectivity index (χ0) is 21.7. The van der Waals surface area contributed by atoms with Gasteiger partial charge in [-0.25, -0.2) is 13.8 Å². The van der Waals surface area contributed by atoms with Gasteiger partial charge in [0, 0.05) is 22.6 Å². The van der Waals surface area contributed by atoms with E-state index in [1.165, 1.54) is 17.3 Å². The molecule has 5 rings (SSSR count). The van der Waals surface area contributed by atoms with E-state index in [-0.39, 0.29) is 16.4 Å². The van der Waals surface area contributed by atoms with Crippen LogP contribution in [0.4, 0.5) is 14.5 Å². The third-order valence-electron chi connectivity index (χ3n) is 5.40. The molecule has 0 spiro atoms. The molecular formula is C23H16F2N3O2P. The van der Waals surface area contributed by atoms with E-state index in [0.29, 0.717) is 16.8 Å². The minimum absolute atomic E-state index is 0.119. The van der Waals surface area contributed by atoms with Crippen LogP contribution >= 0.6 is 9.24 Å². The maximum absolute atomic E-state index is 14.5. The van der Waals surface area contributed by atoms with Crippen molar-refractivity contribution in [1.82, 2.24) is 9.97 Å². The van der Waals surface area contributed by atoms with Crippen LogP contribution in [-0.4, -0.2) is 21.0 Å². The summed E-state index contributed by atoms with van der Waals surface area (Å²) in [6.07, 6.45) is 1.53. The molecule has 154 valence electrons. The number of halogens is 2. The number of nitrogens with one attached hydrogen (secondary N) is 1. The molecule has 1 aromatic heterocycles. The summed E-state index contributed by atoms with van der Waals surface area (Å²) in [5.41, 5.74) is 2.92. The zero-order valence-corrected chi connectivity index (χ0v) is 17.2. The lowest BCUT2D eigenvalue weighted by Gasteiger charge is -2.28. The predicted octanol–water partition coefficient (Wildman–Crippen LogP) is 4.40. The van der Waals surface area contributed by atoms with Gasteiger partial charge in [-0.15, -0.1) is 9.24 Å². The molecule has 0 aliphatic carbocycles. The van der Waals surface area contributed by atoms with Crippen molar-refractivity contribution in [3.63, 3.8) is 0 Å². The first-order valence-corrected chi connectivity index (χ1v) is 10.0. The highest BCUT2D eigenvalue weighted by Gasteiger charge is 2.43. The summed E-state index contributed by atoms with van der Waals surface area (Å²) in [6.45, 7) is 0. The summed E-state index contributed by atoms with van der Waals surface area (Å²) < 4.78 is 28.7. The molecule has 4 aromatic rings. The van der Waals surface area contributed by atoms with Gasteiger partial charge in [0.15, 0.2) is 5.76 Å². The van der Waals surface area contributed by atoms with Crippen molar-refractivity contribution in [3.05, 3.63) is 95.5 Å². The normalized spacial score (nSPS) is 16.5. The minimum Gasteiger partial charge on any atom is -0.503 e. The number of hydrogen-bond donors (Lipinski definition) is 2. The van der Waals surface area contributed by atoms with Crippen molar-refractivity contribution < 1.29 is 18.7 Å². The van der Waals surface area contributed by atoms with Crippen molar-refractivity contribution in [2.24, 2.45) is 0 Å². The fourth-order valence-corrected chi connectivity index (χ4v) is 4.30. The number of aliphatic hydroxyl groups excluding tert-OH is 1. The van der Waals surface area contributed by atoms with Crippen LogP contribution < -0.4 is 10.2 Å². The molecule has 1 aliphatic heterocycles. The van der Waals surface area contributed by atoms with E-state index in [1.54, 1.807) is 48.5 Å². The highest BCUT2D eigenvalue weighted by atomic mass is 31.0. The standard InChI is InChI=1S/C23H16F2N3O2P/c24-13-8-15(22(31)16(25)9-13)20-19(12-4-2-1-3-5-12)21(29)23(30)28(20)14-6-7-17-18(10-14)27-11-26-17/h1-11,20,29H,31H2,(H,26,27). The molecule has 0 radical (unpaired) electrons. The average molecular weight is 435 g/mol. The number of benzene rings is 3. The van der Waals surface area contributed by atoms with Crippen molar-refractivity contribution in [2.75, 3.05) is 4.90 Å². The van der Waals surface area contributed by atoms with Crippen molar-refractivity contribution in [1.29, 1.82) is 0 Å². The van der Waals surface area contributed by atoms with Crippen LogP contribution in [0.3, 0.4) is 0 Å². The second-order valence-corrected chi connectivity index (χ2v) is 7.78. The Hall–Kier alpha value is -3.57. The first-order valence-electron chi connectivity index (χ1n) is 9.45. The van der Waals surface area contributed by atoms with Gasteiger partial charge in [0.05, 0.1) is 23.4 Å². The largest absolute Gasteiger partial charge is 0.503 e. The van der Waals surface area contributed by atoms with Gasteiger partial charge < -0.3 is 10.1 Å². The van der Waals surface area contributed by atoms with Gasteiger partial charge in [-0.05, 0) is 35.4 Å². The molecule has 3 aromatic carbocycles. The molecule has 2 unspecified atom stereocenters. The summed E-state index contributed by atoms with van der Waals surface area (Å²) in [5, 5.41) is 11.0. The maximum atomic E-state index is 14.5. The van der Waals surface area contributed by atoms with Gasteiger partial charge in [0.25, 0.3) is 5.91 Å². The van der Waals surface area contributed by atoms with E-state index in [0.717, 1.165) is 11.6 Å². The molecule has 5 nitrogen and oxygen atoms in total. The number of hydrogen-bond acceptors (Lipinski definition) is 3. The van der Waals surface area contributed by atoms with Crippen LogP contribution in [0.2, 0.25) is 0 Å². The number of aromatic amines is 1. The maximum Gasteiger partial charge on any atom is 0.294 e. The smallest absolute Gasteiger partial charge is 0.294 e. The third-order valence-corrected chi connectivity index (χ3v) is 6.01. The highest BCUT2D eigenvalue weighted by molar-refractivity contribution is 7.27. The quantitative estimate of drug-likeness (QED) is 0.469. The molecular weight excluding hydrogens is 419 g/mol. The van der Waals surface area contributed by atoms with E-state index in [4.69, 9.17) is 0 Å². The third kappa shape index (κ3) is 3.09. The first-order chi connectivity index (χ1) is 15.0. The predicted molar refractivity (Wildman–Crippen MR) is 118 cm³/mol. The topological polar surface area (TPSA) is 69.2 Å². The fraction of sp³-hybridized carbons (Fsp3) is 0.0435. The summed E-state index contributed by atoms with van der Waals surface area (Å²) in [4.78, 5) is 21.8. The van der Waals surface area contributed by atoms with Crippen LogP contribution in [0.15, 0.2) is 72.8 Å². The number of carbonyl (C=O) groups excluding carboxylic acids is 1. The molecule has 2 atom stereocenters. The molecule has 0 saturated carbocycles. The highest BCUT2D eigenvalue weighted by Crippen LogP contribution is 2.45. The number of anilines is 1. The number of amides is 1. The number of H-pyrrole nitrogens is 1. The molecule has 1 amide bonds. The minimum atomic E-state index is -0.941. The van der Waals surface area contributed by atoms with Crippen LogP contribution in [0.25, 0.3) is 16.6 Å². The molecule has 31 heavy (non-hydrogen) atoms. The lowest BCUT2D eigenvalue weighted by Crippen LogP contribution is -2.32. The SMILES string of the molecule is O=C1C(O)=C(c2ccccc2)C(c2cc(F)cc(F)c2P)N1c1ccc2[nH]cnc2c1. The second kappa shape index (κ2) is 7.29. The summed E-state index contributed by atoms with van der Waals surface area (Å²) >= 11 is 0. The van der Waals surface area contributed by atoms with E-state index < -0.39 is 29.3 Å². The van der Waals surface area contributed by atoms with Gasteiger partial charge in [-0.1, -0.05) is 30.3 Å². The van der Waals surface area contributed by atoms with Gasteiger partial charge in [0.1, 0.15) is 11.6 Å². The van der Waals surface area contributed by atoms with Crippen molar-refractivity contribution in [2.45, 2.75) is 6.04 Å². The van der Waals surface area contributed by atoms with Crippen LogP contribution in [0, 0.1) is 11.6 Å². The lowest BCUT2D eigenvalue weighted by atomic mass is 9.93. The van der Waals surface area contributed by atoms with Gasteiger partial charge >= 0.3 is 0 Å². The summed E-state index contributed by atoms with van der Waals surface area (Å²) in [6, 6.07) is 15.0. The summed E-state index contributed by atoms with van der Waals surface area (Å²) in [5.74, 6) is -2.65. The lowest BCUT2D eigenvalue weighted by molar-refractivity contribution is -0.117. The molecule has 0 fully saturated rings. The molecule has 2 N–H and O–H groups in total. The Morgan fingerprint density at radius 3 is 2.61 bits per heavy atom. The van der Waals surface area contributed by atoms with E-state index in [2.05, 4.69) is 19.2 Å². The Labute approximate surface area is 178 Å². The van der Waals surface area contributed by atoms with E-state index >= 15 is 0 Å². The fourth-order valence-electron chi connectivity index (χ4n) is 3.98. The average Bonchev–Trinajstić information content (AvgIpc) is 3.33. The van der Waals surface area contributed by atoms with Crippen molar-refractivity contribution in [3.8, 4) is 0 Å². The number of imidazole rings is 1. The first kappa shape index (κ1) is 19.4. The van der Waals surface area contributed by atoms with E-state index in [1.807, 2.05) is 0 Å². The monoisotopic (exact) mass is 435 g/mol. The molecule has 1 aliphatic rings. The Kier molecular flexibility index (Phi) is 4.56. The second-order valence-electron chi connectivity index (χ2n) is 7.20. The Balaban J connectivity index is 1.77. The molecule has 2 heterocycles. The molecule has 0 bridgehead atoms. The van der Waals surface area contributed by atoms with Crippen LogP contribution in [0.1, 0.15) is 17.2 Å². The van der Waals surface area contributed by atoms with E-state index in [9.17, 15) is 18.7 Å².